The normalized spacial score (nSPS) is 21.8. The summed E-state index contributed by atoms with van der Waals surface area (Å²) in [6.45, 7) is 8.82. The summed E-state index contributed by atoms with van der Waals surface area (Å²) < 4.78 is 11.7. The van der Waals surface area contributed by atoms with Crippen LogP contribution in [0.3, 0.4) is 0 Å². The van der Waals surface area contributed by atoms with Crippen molar-refractivity contribution < 1.29 is 24.2 Å². The molecule has 0 spiro atoms. The molecule has 1 aliphatic heterocycles. The average Bonchev–Trinajstić information content (AvgIpc) is 3.37. The van der Waals surface area contributed by atoms with E-state index in [-0.39, 0.29) is 54.2 Å². The molecule has 1 aromatic rings. The van der Waals surface area contributed by atoms with Gasteiger partial charge in [0.15, 0.2) is 0 Å². The van der Waals surface area contributed by atoms with Crippen LogP contribution in [0.25, 0.3) is 0 Å². The SMILES string of the molecule is CC[C@H](C)[C@@H]([C@@H](CC(=O)N1CCC[C@H]1[C@H](OC)[C@@H](C)C(=O)C[C@H](C)[C@@H](O)c1ccccc1)OC)N(C)C. The van der Waals surface area contributed by atoms with E-state index in [0.29, 0.717) is 18.9 Å². The number of hydrogen-bond acceptors (Lipinski definition) is 6. The molecular weight excluding hydrogens is 468 g/mol. The summed E-state index contributed by atoms with van der Waals surface area (Å²) in [4.78, 5) is 30.9. The third kappa shape index (κ3) is 8.09. The second-order valence-electron chi connectivity index (χ2n) is 11.1. The quantitative estimate of drug-likeness (QED) is 0.372. The number of aliphatic hydroxyl groups excluding tert-OH is 1. The zero-order valence-electron chi connectivity index (χ0n) is 24.2. The molecule has 210 valence electrons. The highest BCUT2D eigenvalue weighted by Crippen LogP contribution is 2.31. The van der Waals surface area contributed by atoms with Crippen LogP contribution in [0.15, 0.2) is 30.3 Å². The summed E-state index contributed by atoms with van der Waals surface area (Å²) in [6, 6.07) is 9.43. The van der Waals surface area contributed by atoms with E-state index < -0.39 is 6.10 Å². The standard InChI is InChI=1S/C30H50N2O5/c1-9-20(2)28(31(5)6)26(36-7)19-27(34)32-17-13-16-24(32)30(37-8)22(4)25(33)18-21(3)29(35)23-14-11-10-12-15-23/h10-12,14-15,20-22,24,26,28-30,35H,9,13,16-19H2,1-8H3/t20-,21-,22-,24-,26+,28-,29+,30+/m0/s1. The van der Waals surface area contributed by atoms with E-state index in [1.807, 2.05) is 63.2 Å². The number of ether oxygens (including phenoxy) is 2. The molecule has 37 heavy (non-hydrogen) atoms. The summed E-state index contributed by atoms with van der Waals surface area (Å²) in [5.41, 5.74) is 0.812. The van der Waals surface area contributed by atoms with E-state index in [9.17, 15) is 14.7 Å². The number of amides is 1. The molecule has 0 unspecified atom stereocenters. The predicted octanol–water partition coefficient (Wildman–Crippen LogP) is 4.34. The van der Waals surface area contributed by atoms with Crippen LogP contribution in [0.1, 0.15) is 71.5 Å². The Hall–Kier alpha value is -1.80. The molecule has 0 aliphatic carbocycles. The Morgan fingerprint density at radius 3 is 2.24 bits per heavy atom. The minimum Gasteiger partial charge on any atom is -0.388 e. The topological polar surface area (TPSA) is 79.3 Å². The summed E-state index contributed by atoms with van der Waals surface area (Å²) in [6.07, 6.45) is 1.96. The number of aliphatic hydroxyl groups is 1. The van der Waals surface area contributed by atoms with Gasteiger partial charge in [0, 0.05) is 39.1 Å². The van der Waals surface area contributed by atoms with E-state index in [0.717, 1.165) is 24.8 Å². The van der Waals surface area contributed by atoms with E-state index in [4.69, 9.17) is 9.47 Å². The average molecular weight is 519 g/mol. The second kappa shape index (κ2) is 15.0. The van der Waals surface area contributed by atoms with Crippen molar-refractivity contribution in [3.05, 3.63) is 35.9 Å². The molecule has 1 saturated heterocycles. The lowest BCUT2D eigenvalue weighted by Crippen LogP contribution is -2.51. The summed E-state index contributed by atoms with van der Waals surface area (Å²) in [5.74, 6) is -0.115. The molecule has 0 bridgehead atoms. The number of rotatable bonds is 15. The molecule has 0 radical (unpaired) electrons. The van der Waals surface area contributed by atoms with E-state index >= 15 is 0 Å². The first-order chi connectivity index (χ1) is 17.6. The number of likely N-dealkylation sites (tertiary alicyclic amines) is 1. The number of ketones is 1. The molecular formula is C30H50N2O5. The molecule has 1 aromatic carbocycles. The number of nitrogens with zero attached hydrogens (tertiary/aromatic N) is 2. The highest BCUT2D eigenvalue weighted by Gasteiger charge is 2.41. The number of carbonyl (C=O) groups is 2. The molecule has 2 rings (SSSR count). The number of hydrogen-bond donors (Lipinski definition) is 1. The maximum atomic E-state index is 13.6. The molecule has 1 aliphatic rings. The number of likely N-dealkylation sites (N-methyl/N-ethyl adjacent to an activating group) is 1. The summed E-state index contributed by atoms with van der Waals surface area (Å²) in [7, 11) is 7.38. The van der Waals surface area contributed by atoms with Gasteiger partial charge in [-0.1, -0.05) is 64.4 Å². The molecule has 1 N–H and O–H groups in total. The molecule has 7 heteroatoms. The van der Waals surface area contributed by atoms with Gasteiger partial charge in [-0.2, -0.15) is 0 Å². The zero-order chi connectivity index (χ0) is 27.7. The Morgan fingerprint density at radius 1 is 1.05 bits per heavy atom. The van der Waals surface area contributed by atoms with E-state index in [1.165, 1.54) is 0 Å². The van der Waals surface area contributed by atoms with Crippen LogP contribution in [0.4, 0.5) is 0 Å². The van der Waals surface area contributed by atoms with Crippen molar-refractivity contribution >= 4 is 11.7 Å². The van der Waals surface area contributed by atoms with E-state index in [1.54, 1.807) is 14.2 Å². The van der Waals surface area contributed by atoms with Gasteiger partial charge in [0.25, 0.3) is 0 Å². The van der Waals surface area contributed by atoms with Gasteiger partial charge >= 0.3 is 0 Å². The van der Waals surface area contributed by atoms with Crippen molar-refractivity contribution in [3.63, 3.8) is 0 Å². The lowest BCUT2D eigenvalue weighted by molar-refractivity contribution is -0.142. The number of methoxy groups -OCH3 is 2. The second-order valence-corrected chi connectivity index (χ2v) is 11.1. The summed E-state index contributed by atoms with van der Waals surface area (Å²) >= 11 is 0. The Morgan fingerprint density at radius 2 is 1.70 bits per heavy atom. The molecule has 8 atom stereocenters. The maximum Gasteiger partial charge on any atom is 0.225 e. The van der Waals surface area contributed by atoms with Crippen LogP contribution >= 0.6 is 0 Å². The monoisotopic (exact) mass is 518 g/mol. The van der Waals surface area contributed by atoms with Gasteiger partial charge in [-0.25, -0.2) is 0 Å². The van der Waals surface area contributed by atoms with Gasteiger partial charge < -0.3 is 24.4 Å². The van der Waals surface area contributed by atoms with Crippen LogP contribution in [0, 0.1) is 17.8 Å². The largest absolute Gasteiger partial charge is 0.388 e. The third-order valence-electron chi connectivity index (χ3n) is 8.36. The van der Waals surface area contributed by atoms with Gasteiger partial charge in [-0.3, -0.25) is 9.59 Å². The predicted molar refractivity (Wildman–Crippen MR) is 147 cm³/mol. The number of carbonyl (C=O) groups excluding carboxylic acids is 2. The fraction of sp³-hybridized carbons (Fsp3) is 0.733. The smallest absolute Gasteiger partial charge is 0.225 e. The van der Waals surface area contributed by atoms with Crippen LogP contribution < -0.4 is 0 Å². The number of benzene rings is 1. The lowest BCUT2D eigenvalue weighted by atomic mass is 9.85. The van der Waals surface area contributed by atoms with Crippen molar-refractivity contribution in [2.24, 2.45) is 17.8 Å². The zero-order valence-corrected chi connectivity index (χ0v) is 24.2. The van der Waals surface area contributed by atoms with Crippen LogP contribution in [0.2, 0.25) is 0 Å². The maximum absolute atomic E-state index is 13.6. The van der Waals surface area contributed by atoms with Crippen LogP contribution in [-0.2, 0) is 19.1 Å². The van der Waals surface area contributed by atoms with Gasteiger partial charge in [-0.15, -0.1) is 0 Å². The third-order valence-corrected chi connectivity index (χ3v) is 8.36. The Bertz CT molecular complexity index is 833. The first kappa shape index (κ1) is 31.4. The Balaban J connectivity index is 2.09. The van der Waals surface area contributed by atoms with Gasteiger partial charge in [0.1, 0.15) is 5.78 Å². The van der Waals surface area contributed by atoms with Crippen molar-refractivity contribution in [3.8, 4) is 0 Å². The van der Waals surface area contributed by atoms with Gasteiger partial charge in [0.2, 0.25) is 5.91 Å². The molecule has 7 nitrogen and oxygen atoms in total. The summed E-state index contributed by atoms with van der Waals surface area (Å²) in [5, 5.41) is 10.7. The fourth-order valence-electron chi connectivity index (χ4n) is 6.00. The minimum absolute atomic E-state index is 0.0489. The Kier molecular flexibility index (Phi) is 12.7. The van der Waals surface area contributed by atoms with Crippen molar-refractivity contribution in [1.82, 2.24) is 9.80 Å². The lowest BCUT2D eigenvalue weighted by Gasteiger charge is -2.38. The highest BCUT2D eigenvalue weighted by molar-refractivity contribution is 5.82. The first-order valence-electron chi connectivity index (χ1n) is 13.8. The van der Waals surface area contributed by atoms with E-state index in [2.05, 4.69) is 18.7 Å². The van der Waals surface area contributed by atoms with Crippen LogP contribution in [-0.4, -0.2) is 85.7 Å². The molecule has 1 fully saturated rings. The molecule has 1 heterocycles. The van der Waals surface area contributed by atoms with Crippen molar-refractivity contribution in [1.29, 1.82) is 0 Å². The number of Topliss-reactive ketones (excluding diaryl/α,β-unsaturated/α-hetero) is 1. The highest BCUT2D eigenvalue weighted by atomic mass is 16.5. The van der Waals surface area contributed by atoms with Crippen LogP contribution in [0.5, 0.6) is 0 Å². The van der Waals surface area contributed by atoms with Crippen molar-refractivity contribution in [2.75, 3.05) is 34.9 Å². The molecule has 0 aromatic heterocycles. The van der Waals surface area contributed by atoms with Gasteiger partial charge in [-0.05, 0) is 44.3 Å². The van der Waals surface area contributed by atoms with Crippen molar-refractivity contribution in [2.45, 2.75) is 90.2 Å². The Labute approximate surface area is 224 Å². The molecule has 0 saturated carbocycles. The van der Waals surface area contributed by atoms with Gasteiger partial charge in [0.05, 0.1) is 30.8 Å². The fourth-order valence-corrected chi connectivity index (χ4v) is 6.00. The molecule has 1 amide bonds. The first-order valence-corrected chi connectivity index (χ1v) is 13.8. The minimum atomic E-state index is -0.705.